The fourth-order valence-electron chi connectivity index (χ4n) is 3.88. The Labute approximate surface area is 164 Å². The molecular weight excluding hydrogens is 354 g/mol. The Hall–Kier alpha value is -2.86. The number of carbonyl (C=O) groups is 1. The maximum absolute atomic E-state index is 11.2. The van der Waals surface area contributed by atoms with E-state index in [1.165, 1.54) is 5.56 Å². The van der Waals surface area contributed by atoms with E-state index in [0.717, 1.165) is 48.0 Å². The second-order valence-corrected chi connectivity index (χ2v) is 7.46. The zero-order chi connectivity index (χ0) is 19.7. The van der Waals surface area contributed by atoms with Crippen molar-refractivity contribution in [2.45, 2.75) is 26.3 Å². The Balaban J connectivity index is 1.68. The van der Waals surface area contributed by atoms with Gasteiger partial charge < -0.3 is 14.2 Å². The van der Waals surface area contributed by atoms with Gasteiger partial charge in [-0.25, -0.2) is 4.98 Å². The second kappa shape index (κ2) is 7.64. The number of fused-ring (bicyclic) bond motifs is 1. The number of rotatable bonds is 5. The first-order chi connectivity index (χ1) is 13.5. The number of pyridine rings is 1. The van der Waals surface area contributed by atoms with Crippen molar-refractivity contribution in [1.82, 2.24) is 14.3 Å². The first-order valence-corrected chi connectivity index (χ1v) is 9.62. The molecule has 0 unspecified atom stereocenters. The number of piperidine rings is 1. The van der Waals surface area contributed by atoms with Gasteiger partial charge >= 0.3 is 5.97 Å². The number of hydrogen-bond acceptors (Lipinski definition) is 4. The zero-order valence-corrected chi connectivity index (χ0v) is 16.3. The molecule has 1 aromatic carbocycles. The smallest absolute Gasteiger partial charge is 0.306 e. The van der Waals surface area contributed by atoms with Crippen LogP contribution in [0.25, 0.3) is 16.9 Å². The van der Waals surface area contributed by atoms with Gasteiger partial charge in [0.2, 0.25) is 0 Å². The van der Waals surface area contributed by atoms with E-state index < -0.39 is 5.97 Å². The quantitative estimate of drug-likeness (QED) is 0.733. The molecule has 1 aliphatic heterocycles. The Morgan fingerprint density at radius 1 is 1.21 bits per heavy atom. The van der Waals surface area contributed by atoms with Crippen molar-refractivity contribution in [1.29, 1.82) is 0 Å². The highest BCUT2D eigenvalue weighted by Crippen LogP contribution is 2.29. The molecule has 6 heteroatoms. The standard InChI is InChI=1S/C22H25N3O3/c1-15-7-12-25-19(14-24-10-8-17(9-11-24)22(26)27)21(23-20(25)13-15)16-3-5-18(28-2)6-4-16/h3-7,12-13,17H,8-11,14H2,1-2H3,(H,26,27). The molecule has 0 atom stereocenters. The monoisotopic (exact) mass is 379 g/mol. The van der Waals surface area contributed by atoms with Gasteiger partial charge in [0.25, 0.3) is 0 Å². The molecule has 3 heterocycles. The molecule has 4 rings (SSSR count). The van der Waals surface area contributed by atoms with Crippen LogP contribution in [0.2, 0.25) is 0 Å². The van der Waals surface area contributed by atoms with Crippen molar-refractivity contribution in [3.8, 4) is 17.0 Å². The Bertz CT molecular complexity index is 986. The summed E-state index contributed by atoms with van der Waals surface area (Å²) in [6, 6.07) is 12.2. The molecule has 146 valence electrons. The topological polar surface area (TPSA) is 67.1 Å². The van der Waals surface area contributed by atoms with Crippen LogP contribution in [-0.4, -0.2) is 45.6 Å². The maximum atomic E-state index is 11.2. The number of ether oxygens (including phenoxy) is 1. The number of benzene rings is 1. The molecular formula is C22H25N3O3. The van der Waals surface area contributed by atoms with Crippen LogP contribution in [0.1, 0.15) is 24.1 Å². The zero-order valence-electron chi connectivity index (χ0n) is 16.3. The summed E-state index contributed by atoms with van der Waals surface area (Å²) in [4.78, 5) is 18.5. The lowest BCUT2D eigenvalue weighted by Gasteiger charge is -2.30. The third kappa shape index (κ3) is 3.60. The van der Waals surface area contributed by atoms with Crippen molar-refractivity contribution < 1.29 is 14.6 Å². The normalized spacial score (nSPS) is 15.8. The summed E-state index contributed by atoms with van der Waals surface area (Å²) in [5.41, 5.74) is 5.26. The van der Waals surface area contributed by atoms with Crippen LogP contribution in [0.4, 0.5) is 0 Å². The molecule has 6 nitrogen and oxygen atoms in total. The molecule has 0 saturated carbocycles. The van der Waals surface area contributed by atoms with Crippen LogP contribution < -0.4 is 4.74 Å². The number of carboxylic acid groups (broad SMARTS) is 1. The van der Waals surface area contributed by atoms with Gasteiger partial charge in [0.1, 0.15) is 11.4 Å². The predicted molar refractivity (Wildman–Crippen MR) is 108 cm³/mol. The lowest BCUT2D eigenvalue weighted by Crippen LogP contribution is -2.36. The Kier molecular flexibility index (Phi) is 5.05. The number of aryl methyl sites for hydroxylation is 1. The molecule has 0 spiro atoms. The molecule has 1 saturated heterocycles. The highest BCUT2D eigenvalue weighted by atomic mass is 16.5. The average molecular weight is 379 g/mol. The number of aromatic nitrogens is 2. The van der Waals surface area contributed by atoms with Gasteiger partial charge in [-0.05, 0) is 74.8 Å². The third-order valence-electron chi connectivity index (χ3n) is 5.55. The maximum Gasteiger partial charge on any atom is 0.306 e. The Morgan fingerprint density at radius 2 is 1.93 bits per heavy atom. The van der Waals surface area contributed by atoms with Gasteiger partial charge in [0.05, 0.1) is 24.4 Å². The second-order valence-electron chi connectivity index (χ2n) is 7.46. The van der Waals surface area contributed by atoms with Crippen LogP contribution in [0, 0.1) is 12.8 Å². The first-order valence-electron chi connectivity index (χ1n) is 9.62. The molecule has 3 aromatic rings. The van der Waals surface area contributed by atoms with Crippen LogP contribution >= 0.6 is 0 Å². The minimum atomic E-state index is -0.677. The first kappa shape index (κ1) is 18.5. The number of hydrogen-bond donors (Lipinski definition) is 1. The minimum Gasteiger partial charge on any atom is -0.497 e. The summed E-state index contributed by atoms with van der Waals surface area (Å²) in [5, 5.41) is 9.24. The number of nitrogens with zero attached hydrogens (tertiary/aromatic N) is 3. The fraction of sp³-hybridized carbons (Fsp3) is 0.364. The molecule has 0 bridgehead atoms. The van der Waals surface area contributed by atoms with E-state index in [-0.39, 0.29) is 5.92 Å². The number of methoxy groups -OCH3 is 1. The third-order valence-corrected chi connectivity index (χ3v) is 5.55. The van der Waals surface area contributed by atoms with Gasteiger partial charge in [0.15, 0.2) is 0 Å². The van der Waals surface area contributed by atoms with Crippen LogP contribution in [0.15, 0.2) is 42.6 Å². The predicted octanol–water partition coefficient (Wildman–Crippen LogP) is 3.61. The van der Waals surface area contributed by atoms with Crippen molar-refractivity contribution >= 4 is 11.6 Å². The molecule has 2 aromatic heterocycles. The lowest BCUT2D eigenvalue weighted by molar-refractivity contribution is -0.143. The summed E-state index contributed by atoms with van der Waals surface area (Å²) < 4.78 is 7.43. The molecule has 0 amide bonds. The summed E-state index contributed by atoms with van der Waals surface area (Å²) in [6.07, 6.45) is 3.47. The van der Waals surface area contributed by atoms with E-state index in [1.54, 1.807) is 7.11 Å². The van der Waals surface area contributed by atoms with Crippen LogP contribution in [0.5, 0.6) is 5.75 Å². The summed E-state index contributed by atoms with van der Waals surface area (Å²) in [6.45, 7) is 4.40. The van der Waals surface area contributed by atoms with Crippen molar-refractivity contribution in [3.05, 3.63) is 53.9 Å². The van der Waals surface area contributed by atoms with Gasteiger partial charge in [-0.15, -0.1) is 0 Å². The van der Waals surface area contributed by atoms with E-state index in [0.29, 0.717) is 12.8 Å². The molecule has 1 fully saturated rings. The highest BCUT2D eigenvalue weighted by Gasteiger charge is 2.26. The molecule has 0 aliphatic carbocycles. The van der Waals surface area contributed by atoms with E-state index in [1.807, 2.05) is 24.3 Å². The molecule has 28 heavy (non-hydrogen) atoms. The number of carboxylic acids is 1. The van der Waals surface area contributed by atoms with E-state index >= 15 is 0 Å². The van der Waals surface area contributed by atoms with E-state index in [4.69, 9.17) is 9.72 Å². The van der Waals surface area contributed by atoms with E-state index in [2.05, 4.69) is 34.6 Å². The average Bonchev–Trinajstić information content (AvgIpc) is 3.05. The van der Waals surface area contributed by atoms with Gasteiger partial charge in [-0.2, -0.15) is 0 Å². The Morgan fingerprint density at radius 3 is 2.57 bits per heavy atom. The van der Waals surface area contributed by atoms with Crippen molar-refractivity contribution in [2.24, 2.45) is 5.92 Å². The summed E-state index contributed by atoms with van der Waals surface area (Å²) >= 11 is 0. The number of aliphatic carboxylic acids is 1. The lowest BCUT2D eigenvalue weighted by atomic mass is 9.97. The summed E-state index contributed by atoms with van der Waals surface area (Å²) in [5.74, 6) is -0.0772. The van der Waals surface area contributed by atoms with Gasteiger partial charge in [-0.1, -0.05) is 0 Å². The SMILES string of the molecule is COc1ccc(-c2nc3cc(C)ccn3c2CN2CCC(C(=O)O)CC2)cc1. The number of imidazole rings is 1. The minimum absolute atomic E-state index is 0.220. The molecule has 1 aliphatic rings. The largest absolute Gasteiger partial charge is 0.497 e. The van der Waals surface area contributed by atoms with Crippen LogP contribution in [0.3, 0.4) is 0 Å². The van der Waals surface area contributed by atoms with Gasteiger partial charge in [0, 0.05) is 18.3 Å². The fourth-order valence-corrected chi connectivity index (χ4v) is 3.88. The summed E-state index contributed by atoms with van der Waals surface area (Å²) in [7, 11) is 1.66. The van der Waals surface area contributed by atoms with Crippen molar-refractivity contribution in [3.63, 3.8) is 0 Å². The van der Waals surface area contributed by atoms with Crippen molar-refractivity contribution in [2.75, 3.05) is 20.2 Å². The van der Waals surface area contributed by atoms with Crippen LogP contribution in [-0.2, 0) is 11.3 Å². The van der Waals surface area contributed by atoms with Gasteiger partial charge in [-0.3, -0.25) is 9.69 Å². The molecule has 0 radical (unpaired) electrons. The van der Waals surface area contributed by atoms with E-state index in [9.17, 15) is 9.90 Å². The molecule has 1 N–H and O–H groups in total. The number of likely N-dealkylation sites (tertiary alicyclic amines) is 1. The highest BCUT2D eigenvalue weighted by molar-refractivity contribution is 5.70.